The Balaban J connectivity index is 1.24. The average molecular weight is 581 g/mol. The molecular weight excluding hydrogens is 554 g/mol. The molecule has 0 saturated heterocycles. The van der Waals surface area contributed by atoms with Crippen LogP contribution in [0.1, 0.15) is 45.7 Å². The van der Waals surface area contributed by atoms with Crippen LogP contribution in [0.25, 0.3) is 22.3 Å². The smallest absolute Gasteiger partial charge is 0.335 e. The van der Waals surface area contributed by atoms with Gasteiger partial charge in [-0.2, -0.15) is 5.26 Å². The van der Waals surface area contributed by atoms with Crippen LogP contribution in [0.2, 0.25) is 0 Å². The van der Waals surface area contributed by atoms with Crippen molar-refractivity contribution in [3.63, 3.8) is 0 Å². The van der Waals surface area contributed by atoms with E-state index in [0.29, 0.717) is 40.2 Å². The molecule has 43 heavy (non-hydrogen) atoms. The predicted molar refractivity (Wildman–Crippen MR) is 153 cm³/mol. The molecular formula is C33H26F2N4O4. The third-order valence-corrected chi connectivity index (χ3v) is 7.84. The first-order chi connectivity index (χ1) is 20.8. The van der Waals surface area contributed by atoms with E-state index < -0.39 is 17.6 Å². The second kappa shape index (κ2) is 11.3. The summed E-state index contributed by atoms with van der Waals surface area (Å²) in [6.45, 7) is 0.376. The van der Waals surface area contributed by atoms with Gasteiger partial charge in [0.2, 0.25) is 5.88 Å². The Kier molecular flexibility index (Phi) is 7.34. The number of hydrogen-bond donors (Lipinski definition) is 2. The molecule has 0 bridgehead atoms. The summed E-state index contributed by atoms with van der Waals surface area (Å²) in [6, 6.07) is 20.6. The van der Waals surface area contributed by atoms with E-state index >= 15 is 4.39 Å². The molecule has 0 radical (unpaired) electrons. The Morgan fingerprint density at radius 1 is 1.00 bits per heavy atom. The predicted octanol–water partition coefficient (Wildman–Crippen LogP) is 5.89. The number of carboxylic acid groups (broad SMARTS) is 1. The maximum Gasteiger partial charge on any atom is 0.335 e. The van der Waals surface area contributed by atoms with E-state index in [1.54, 1.807) is 42.5 Å². The molecule has 0 unspecified atom stereocenters. The van der Waals surface area contributed by atoms with Gasteiger partial charge in [0.05, 0.1) is 40.5 Å². The second-order valence-electron chi connectivity index (χ2n) is 10.8. The summed E-state index contributed by atoms with van der Waals surface area (Å²) in [5.74, 6) is -1.25. The largest absolute Gasteiger partial charge is 0.478 e. The standard InChI is InChI=1S/C33H26F2N4O4/c34-25-12-20(16-36)4-5-24(25)17-43-31-3-1-2-27(38-31)22-7-6-21(26(35)13-22)15-30-37-28-9-8-23(32(41)42)14-29(28)39(30)18-33(19-40)10-11-33/h1-9,12-14,40H,10-11,15,17-19H2,(H,41,42). The van der Waals surface area contributed by atoms with Crippen LogP contribution in [0.4, 0.5) is 8.78 Å². The Bertz CT molecular complexity index is 1910. The number of hydrogen-bond acceptors (Lipinski definition) is 6. The van der Waals surface area contributed by atoms with Crippen molar-refractivity contribution in [2.24, 2.45) is 5.41 Å². The number of aromatic carboxylic acids is 1. The molecule has 1 saturated carbocycles. The summed E-state index contributed by atoms with van der Waals surface area (Å²) in [4.78, 5) is 20.7. The lowest BCUT2D eigenvalue weighted by Crippen LogP contribution is -2.18. The molecule has 1 aliphatic rings. The molecule has 0 aliphatic heterocycles. The highest BCUT2D eigenvalue weighted by Crippen LogP contribution is 2.47. The van der Waals surface area contributed by atoms with Crippen molar-refractivity contribution >= 4 is 17.0 Å². The van der Waals surface area contributed by atoms with Crippen molar-refractivity contribution in [1.29, 1.82) is 5.26 Å². The van der Waals surface area contributed by atoms with Gasteiger partial charge in [-0.1, -0.05) is 24.3 Å². The van der Waals surface area contributed by atoms with Crippen LogP contribution in [-0.2, 0) is 19.6 Å². The summed E-state index contributed by atoms with van der Waals surface area (Å²) in [6.07, 6.45) is 1.86. The number of imidazole rings is 1. The van der Waals surface area contributed by atoms with Crippen molar-refractivity contribution in [1.82, 2.24) is 14.5 Å². The number of carbonyl (C=O) groups is 1. The van der Waals surface area contributed by atoms with E-state index in [4.69, 9.17) is 15.0 Å². The minimum atomic E-state index is -1.05. The van der Waals surface area contributed by atoms with Crippen molar-refractivity contribution < 1.29 is 28.5 Å². The van der Waals surface area contributed by atoms with Crippen LogP contribution in [0.5, 0.6) is 5.88 Å². The third-order valence-electron chi connectivity index (χ3n) is 7.84. The number of ether oxygens (including phenoxy) is 1. The fraction of sp³-hybridized carbons (Fsp3) is 0.212. The van der Waals surface area contributed by atoms with Crippen LogP contribution in [0.15, 0.2) is 72.8 Å². The highest BCUT2D eigenvalue weighted by atomic mass is 19.1. The number of pyridine rings is 1. The number of nitriles is 1. The summed E-state index contributed by atoms with van der Waals surface area (Å²) in [7, 11) is 0. The lowest BCUT2D eigenvalue weighted by atomic mass is 10.0. The first-order valence-electron chi connectivity index (χ1n) is 13.7. The molecule has 1 aliphatic carbocycles. The highest BCUT2D eigenvalue weighted by Gasteiger charge is 2.43. The van der Waals surface area contributed by atoms with E-state index in [2.05, 4.69) is 4.98 Å². The van der Waals surface area contributed by atoms with Gasteiger partial charge >= 0.3 is 5.97 Å². The molecule has 2 N–H and O–H groups in total. The van der Waals surface area contributed by atoms with E-state index in [1.165, 1.54) is 24.3 Å². The maximum absolute atomic E-state index is 15.5. The SMILES string of the molecule is N#Cc1ccc(COc2cccc(-c3ccc(Cc4nc5ccc(C(=O)O)cc5n4CC4(CO)CC4)c(F)c3)n2)c(F)c1. The first-order valence-corrected chi connectivity index (χ1v) is 13.7. The molecule has 5 aromatic rings. The monoisotopic (exact) mass is 580 g/mol. The zero-order chi connectivity index (χ0) is 30.1. The van der Waals surface area contributed by atoms with Gasteiger partial charge in [-0.3, -0.25) is 0 Å². The number of carboxylic acids is 1. The number of nitrogens with zero attached hydrogens (tertiary/aromatic N) is 4. The van der Waals surface area contributed by atoms with Gasteiger partial charge in [0.25, 0.3) is 0 Å². The average Bonchev–Trinajstić information content (AvgIpc) is 3.72. The minimum absolute atomic E-state index is 0.00594. The second-order valence-corrected chi connectivity index (χ2v) is 10.8. The summed E-state index contributed by atoms with van der Waals surface area (Å²) in [5, 5.41) is 28.4. The Morgan fingerprint density at radius 2 is 1.79 bits per heavy atom. The van der Waals surface area contributed by atoms with Gasteiger partial charge in [-0.15, -0.1) is 0 Å². The highest BCUT2D eigenvalue weighted by molar-refractivity contribution is 5.92. The fourth-order valence-electron chi connectivity index (χ4n) is 5.06. The molecule has 2 heterocycles. The molecule has 216 valence electrons. The quantitative estimate of drug-likeness (QED) is 0.211. The minimum Gasteiger partial charge on any atom is -0.478 e. The number of rotatable bonds is 10. The van der Waals surface area contributed by atoms with Gasteiger partial charge in [-0.25, -0.2) is 23.5 Å². The number of fused-ring (bicyclic) bond motifs is 1. The number of benzene rings is 3. The Morgan fingerprint density at radius 3 is 2.49 bits per heavy atom. The number of halogens is 2. The van der Waals surface area contributed by atoms with Crippen LogP contribution in [-0.4, -0.2) is 37.3 Å². The first kappa shape index (κ1) is 28.0. The van der Waals surface area contributed by atoms with Crippen molar-refractivity contribution in [2.75, 3.05) is 6.61 Å². The molecule has 0 atom stereocenters. The Labute approximate surface area is 245 Å². The van der Waals surface area contributed by atoms with E-state index in [9.17, 15) is 19.4 Å². The molecule has 6 rings (SSSR count). The summed E-state index contributed by atoms with van der Waals surface area (Å²) in [5.41, 5.74) is 2.97. The topological polar surface area (TPSA) is 121 Å². The number of aliphatic hydroxyl groups is 1. The van der Waals surface area contributed by atoms with Gasteiger partial charge < -0.3 is 19.5 Å². The molecule has 10 heteroatoms. The zero-order valence-corrected chi connectivity index (χ0v) is 22.9. The lowest BCUT2D eigenvalue weighted by Gasteiger charge is -2.16. The van der Waals surface area contributed by atoms with Crippen molar-refractivity contribution in [3.8, 4) is 23.2 Å². The fourth-order valence-corrected chi connectivity index (χ4v) is 5.06. The van der Waals surface area contributed by atoms with Gasteiger partial charge in [-0.05, 0) is 60.9 Å². The molecule has 2 aromatic heterocycles. The van der Waals surface area contributed by atoms with E-state index in [-0.39, 0.29) is 47.6 Å². The molecule has 0 spiro atoms. The van der Waals surface area contributed by atoms with Gasteiger partial charge in [0.1, 0.15) is 24.1 Å². The molecule has 8 nitrogen and oxygen atoms in total. The van der Waals surface area contributed by atoms with E-state index in [0.717, 1.165) is 18.9 Å². The van der Waals surface area contributed by atoms with E-state index in [1.807, 2.05) is 10.6 Å². The van der Waals surface area contributed by atoms with Crippen LogP contribution < -0.4 is 4.74 Å². The third kappa shape index (κ3) is 5.80. The van der Waals surface area contributed by atoms with Crippen LogP contribution >= 0.6 is 0 Å². The number of aliphatic hydroxyl groups excluding tert-OH is 1. The molecule has 1 fully saturated rings. The Hall–Kier alpha value is -5.14. The van der Waals surface area contributed by atoms with Crippen LogP contribution in [0, 0.1) is 28.4 Å². The molecule has 0 amide bonds. The summed E-state index contributed by atoms with van der Waals surface area (Å²) < 4.78 is 37.3. The summed E-state index contributed by atoms with van der Waals surface area (Å²) >= 11 is 0. The van der Waals surface area contributed by atoms with Gasteiger partial charge in [0, 0.05) is 35.6 Å². The normalized spacial score (nSPS) is 13.5. The lowest BCUT2D eigenvalue weighted by molar-refractivity contribution is 0.0697. The zero-order valence-electron chi connectivity index (χ0n) is 22.9. The number of aromatic nitrogens is 3. The molecule has 3 aromatic carbocycles. The maximum atomic E-state index is 15.5. The van der Waals surface area contributed by atoms with Crippen LogP contribution in [0.3, 0.4) is 0 Å². The van der Waals surface area contributed by atoms with Crippen molar-refractivity contribution in [3.05, 3.63) is 113 Å². The van der Waals surface area contributed by atoms with Crippen molar-refractivity contribution in [2.45, 2.75) is 32.4 Å². The van der Waals surface area contributed by atoms with Gasteiger partial charge in [0.15, 0.2) is 0 Å².